The Kier molecular flexibility index (Phi) is 7.01. The van der Waals surface area contributed by atoms with Crippen LogP contribution in [0.25, 0.3) is 11.0 Å². The molecule has 2 aromatic carbocycles. The van der Waals surface area contributed by atoms with Gasteiger partial charge < -0.3 is 19.1 Å². The second-order valence-electron chi connectivity index (χ2n) is 12.8. The highest BCUT2D eigenvalue weighted by Crippen LogP contribution is 2.49. The van der Waals surface area contributed by atoms with Gasteiger partial charge in [-0.2, -0.15) is 0 Å². The molecule has 1 aromatic heterocycles. The first kappa shape index (κ1) is 28.8. The zero-order valence-electron chi connectivity index (χ0n) is 25.3. The topological polar surface area (TPSA) is 112 Å². The summed E-state index contributed by atoms with van der Waals surface area (Å²) < 4.78 is 20.1. The number of carbonyl (C=O) groups is 3. The summed E-state index contributed by atoms with van der Waals surface area (Å²) in [6.07, 6.45) is 1.39. The number of likely N-dealkylation sites (tertiary alicyclic amines) is 2. The minimum atomic E-state index is -0.808. The molecule has 2 fully saturated rings. The number of fused-ring (bicyclic) bond motifs is 4. The highest BCUT2D eigenvalue weighted by atomic mass is 16.6. The molecule has 3 aromatic rings. The van der Waals surface area contributed by atoms with Crippen LogP contribution in [0.5, 0.6) is 11.5 Å². The monoisotopic (exact) mass is 590 g/mol. The van der Waals surface area contributed by atoms with E-state index < -0.39 is 17.6 Å². The fourth-order valence-corrected chi connectivity index (χ4v) is 6.66. The predicted octanol–water partition coefficient (Wildman–Crippen LogP) is 3.90. The number of imidazole rings is 1. The maximum Gasteiger partial charge on any atom is 0.410 e. The SMILES string of the molecule is COc1ccc(CN2C(=O)CCC(n3c(=O)n(C)c4c5c(ccc43)OCC53CCN(C(=O)OC(C)(C)C)CC3)C2=O)cc1. The Balaban J connectivity index is 1.32. The summed E-state index contributed by atoms with van der Waals surface area (Å²) in [4.78, 5) is 56.3. The molecule has 1 unspecified atom stereocenters. The van der Waals surface area contributed by atoms with Gasteiger partial charge in [0.2, 0.25) is 5.91 Å². The van der Waals surface area contributed by atoms with Crippen molar-refractivity contribution >= 4 is 28.9 Å². The van der Waals surface area contributed by atoms with Gasteiger partial charge in [-0.05, 0) is 69.9 Å². The molecule has 1 atom stereocenters. The molecule has 0 bridgehead atoms. The molecule has 2 saturated heterocycles. The van der Waals surface area contributed by atoms with Gasteiger partial charge >= 0.3 is 11.8 Å². The minimum Gasteiger partial charge on any atom is -0.497 e. The standard InChI is InChI=1S/C32H38N4O7/c1-31(2,3)43-30(40)34-16-14-32(15-17-34)19-42-24-12-10-22-27(26(24)32)33(4)29(39)36(22)23-11-13-25(37)35(28(23)38)18-20-6-8-21(41-5)9-7-20/h6-10,12,23H,11,13-19H2,1-5H3. The number of benzene rings is 2. The summed E-state index contributed by atoms with van der Waals surface area (Å²) in [7, 11) is 3.30. The molecule has 43 heavy (non-hydrogen) atoms. The summed E-state index contributed by atoms with van der Waals surface area (Å²) in [5.41, 5.74) is 1.85. The molecular formula is C32H38N4O7. The van der Waals surface area contributed by atoms with Gasteiger partial charge in [0.05, 0.1) is 31.3 Å². The summed E-state index contributed by atoms with van der Waals surface area (Å²) in [5.74, 6) is 0.761. The van der Waals surface area contributed by atoms with E-state index >= 15 is 0 Å². The number of amides is 3. The minimum absolute atomic E-state index is 0.123. The number of carbonyl (C=O) groups excluding carboxylic acids is 3. The number of rotatable bonds is 4. The highest BCUT2D eigenvalue weighted by Gasteiger charge is 2.47. The zero-order valence-corrected chi connectivity index (χ0v) is 25.3. The maximum absolute atomic E-state index is 13.8. The average Bonchev–Trinajstić information content (AvgIpc) is 3.45. The number of aryl methyl sites for hydroxylation is 1. The van der Waals surface area contributed by atoms with Crippen LogP contribution < -0.4 is 15.2 Å². The summed E-state index contributed by atoms with van der Waals surface area (Å²) in [6, 6.07) is 10.1. The number of aromatic nitrogens is 2. The van der Waals surface area contributed by atoms with Crippen molar-refractivity contribution in [2.75, 3.05) is 26.8 Å². The number of piperidine rings is 2. The quantitative estimate of drug-likeness (QED) is 0.424. The molecule has 228 valence electrons. The smallest absolute Gasteiger partial charge is 0.410 e. The van der Waals surface area contributed by atoms with E-state index in [2.05, 4.69) is 0 Å². The van der Waals surface area contributed by atoms with Crippen LogP contribution in [0, 0.1) is 0 Å². The first-order valence-corrected chi connectivity index (χ1v) is 14.7. The van der Waals surface area contributed by atoms with Gasteiger partial charge in [-0.25, -0.2) is 9.59 Å². The lowest BCUT2D eigenvalue weighted by Gasteiger charge is -2.39. The summed E-state index contributed by atoms with van der Waals surface area (Å²) in [6.45, 7) is 7.14. The molecule has 3 amide bonds. The number of imide groups is 1. The lowest BCUT2D eigenvalue weighted by atomic mass is 9.74. The maximum atomic E-state index is 13.8. The van der Waals surface area contributed by atoms with Gasteiger partial charge in [0, 0.05) is 37.5 Å². The van der Waals surface area contributed by atoms with Gasteiger partial charge in [0.1, 0.15) is 23.1 Å². The van der Waals surface area contributed by atoms with Crippen LogP contribution in [0.4, 0.5) is 4.79 Å². The van der Waals surface area contributed by atoms with E-state index in [1.807, 2.05) is 45.0 Å². The summed E-state index contributed by atoms with van der Waals surface area (Å²) >= 11 is 0. The van der Waals surface area contributed by atoms with Crippen molar-refractivity contribution in [2.24, 2.45) is 7.05 Å². The van der Waals surface area contributed by atoms with E-state index in [4.69, 9.17) is 14.2 Å². The Morgan fingerprint density at radius 2 is 1.74 bits per heavy atom. The highest BCUT2D eigenvalue weighted by molar-refractivity contribution is 6.00. The van der Waals surface area contributed by atoms with Gasteiger partial charge in [-0.3, -0.25) is 23.6 Å². The lowest BCUT2D eigenvalue weighted by Crippen LogP contribution is -2.47. The molecule has 6 rings (SSSR count). The molecule has 3 aliphatic heterocycles. The van der Waals surface area contributed by atoms with Crippen LogP contribution in [0.1, 0.15) is 63.6 Å². The van der Waals surface area contributed by atoms with Crippen LogP contribution in [-0.4, -0.2) is 69.2 Å². The number of nitrogens with zero attached hydrogens (tertiary/aromatic N) is 4. The third-order valence-electron chi connectivity index (χ3n) is 8.91. The molecule has 0 aliphatic carbocycles. The van der Waals surface area contributed by atoms with Gasteiger partial charge in [-0.15, -0.1) is 0 Å². The molecule has 11 nitrogen and oxygen atoms in total. The van der Waals surface area contributed by atoms with E-state index in [-0.39, 0.29) is 42.5 Å². The normalized spacial score (nSPS) is 20.0. The van der Waals surface area contributed by atoms with Crippen LogP contribution in [0.3, 0.4) is 0 Å². The Hall–Kier alpha value is -4.28. The van der Waals surface area contributed by atoms with Crippen molar-refractivity contribution in [1.29, 1.82) is 0 Å². The van der Waals surface area contributed by atoms with Crippen LogP contribution in [-0.2, 0) is 33.3 Å². The van der Waals surface area contributed by atoms with Crippen LogP contribution in [0.15, 0.2) is 41.2 Å². The van der Waals surface area contributed by atoms with Gasteiger partial charge in [0.15, 0.2) is 0 Å². The van der Waals surface area contributed by atoms with Crippen molar-refractivity contribution in [1.82, 2.24) is 18.9 Å². The third kappa shape index (κ3) is 4.94. The third-order valence-corrected chi connectivity index (χ3v) is 8.91. The molecule has 11 heteroatoms. The second-order valence-corrected chi connectivity index (χ2v) is 12.8. The van der Waals surface area contributed by atoms with Gasteiger partial charge in [0.25, 0.3) is 5.91 Å². The molecule has 0 N–H and O–H groups in total. The fourth-order valence-electron chi connectivity index (χ4n) is 6.66. The first-order valence-electron chi connectivity index (χ1n) is 14.7. The summed E-state index contributed by atoms with van der Waals surface area (Å²) in [5, 5.41) is 0. The first-order chi connectivity index (χ1) is 20.4. The van der Waals surface area contributed by atoms with E-state index in [9.17, 15) is 19.2 Å². The Bertz CT molecular complexity index is 1660. The van der Waals surface area contributed by atoms with Crippen molar-refractivity contribution in [2.45, 2.75) is 70.1 Å². The molecule has 1 spiro atoms. The largest absolute Gasteiger partial charge is 0.497 e. The number of hydrogen-bond donors (Lipinski definition) is 0. The average molecular weight is 591 g/mol. The molecule has 3 aliphatic rings. The molecule has 0 saturated carbocycles. The van der Waals surface area contributed by atoms with E-state index in [0.29, 0.717) is 43.8 Å². The van der Waals surface area contributed by atoms with Crippen molar-refractivity contribution in [3.63, 3.8) is 0 Å². The van der Waals surface area contributed by atoms with Gasteiger partial charge in [-0.1, -0.05) is 12.1 Å². The fraction of sp³-hybridized carbons (Fsp3) is 0.500. The second kappa shape index (κ2) is 10.5. The Morgan fingerprint density at radius 1 is 1.05 bits per heavy atom. The van der Waals surface area contributed by atoms with E-state index in [0.717, 1.165) is 22.4 Å². The van der Waals surface area contributed by atoms with Crippen LogP contribution >= 0.6 is 0 Å². The molecule has 4 heterocycles. The number of hydrogen-bond acceptors (Lipinski definition) is 7. The zero-order chi connectivity index (χ0) is 30.7. The van der Waals surface area contributed by atoms with Crippen molar-refractivity contribution in [3.8, 4) is 11.5 Å². The Morgan fingerprint density at radius 3 is 2.40 bits per heavy atom. The number of methoxy groups -OCH3 is 1. The molecular weight excluding hydrogens is 552 g/mol. The Labute approximate surface area is 249 Å². The van der Waals surface area contributed by atoms with Crippen LogP contribution in [0.2, 0.25) is 0 Å². The van der Waals surface area contributed by atoms with Crippen molar-refractivity contribution in [3.05, 3.63) is 58.0 Å². The molecule has 0 radical (unpaired) electrons. The predicted molar refractivity (Wildman–Crippen MR) is 158 cm³/mol. The lowest BCUT2D eigenvalue weighted by molar-refractivity contribution is -0.151. The van der Waals surface area contributed by atoms with Crippen molar-refractivity contribution < 1.29 is 28.6 Å². The van der Waals surface area contributed by atoms with E-state index in [1.54, 1.807) is 40.3 Å². The number of ether oxygens (including phenoxy) is 3. The van der Waals surface area contributed by atoms with E-state index in [1.165, 1.54) is 4.90 Å².